The van der Waals surface area contributed by atoms with E-state index in [9.17, 15) is 4.79 Å². The highest BCUT2D eigenvalue weighted by atomic mass is 35.5. The van der Waals surface area contributed by atoms with Gasteiger partial charge in [0.15, 0.2) is 5.16 Å². The Morgan fingerprint density at radius 1 is 1.33 bits per heavy atom. The van der Waals surface area contributed by atoms with Crippen LogP contribution < -0.4 is 5.32 Å². The van der Waals surface area contributed by atoms with Gasteiger partial charge in [0.25, 0.3) is 0 Å². The second kappa shape index (κ2) is 8.25. The maximum atomic E-state index is 12.5. The third-order valence-corrected chi connectivity index (χ3v) is 5.37. The summed E-state index contributed by atoms with van der Waals surface area (Å²) in [5, 5.41) is 20.8. The van der Waals surface area contributed by atoms with Gasteiger partial charge in [0.05, 0.1) is 22.2 Å². The van der Waals surface area contributed by atoms with Gasteiger partial charge in [-0.15, -0.1) is 10.2 Å². The van der Waals surface area contributed by atoms with Crippen LogP contribution in [-0.2, 0) is 4.79 Å². The molecule has 136 valence electrons. The first-order chi connectivity index (χ1) is 13.0. The van der Waals surface area contributed by atoms with Crippen LogP contribution in [-0.4, -0.2) is 25.9 Å². The van der Waals surface area contributed by atoms with Crippen LogP contribution in [0.1, 0.15) is 18.1 Å². The third kappa shape index (κ3) is 4.30. The average Bonchev–Trinajstić information content (AvgIpc) is 3.12. The summed E-state index contributed by atoms with van der Waals surface area (Å²) in [6, 6.07) is 14.6. The van der Waals surface area contributed by atoms with Crippen molar-refractivity contribution in [2.24, 2.45) is 0 Å². The van der Waals surface area contributed by atoms with Crippen LogP contribution in [0.5, 0.6) is 0 Å². The molecular formula is C19H16ClN5OS. The van der Waals surface area contributed by atoms with Gasteiger partial charge < -0.3 is 5.32 Å². The van der Waals surface area contributed by atoms with Crippen molar-refractivity contribution in [3.8, 4) is 11.8 Å². The zero-order chi connectivity index (χ0) is 19.4. The lowest BCUT2D eigenvalue weighted by atomic mass is 10.2. The lowest BCUT2D eigenvalue weighted by Crippen LogP contribution is -2.23. The molecule has 1 aromatic heterocycles. The minimum absolute atomic E-state index is 0.223. The Kier molecular flexibility index (Phi) is 5.79. The predicted octanol–water partition coefficient (Wildman–Crippen LogP) is 4.22. The summed E-state index contributed by atoms with van der Waals surface area (Å²) in [5.41, 5.74) is 2.71. The van der Waals surface area contributed by atoms with Crippen molar-refractivity contribution >= 4 is 35.0 Å². The average molecular weight is 398 g/mol. The fraction of sp³-hybridized carbons (Fsp3) is 0.158. The molecule has 0 saturated heterocycles. The number of rotatable bonds is 5. The van der Waals surface area contributed by atoms with Gasteiger partial charge in [-0.2, -0.15) is 5.26 Å². The number of benzene rings is 2. The number of thioether (sulfide) groups is 1. The third-order valence-electron chi connectivity index (χ3n) is 3.91. The molecule has 1 amide bonds. The van der Waals surface area contributed by atoms with Crippen LogP contribution >= 0.6 is 23.4 Å². The van der Waals surface area contributed by atoms with Crippen molar-refractivity contribution < 1.29 is 4.79 Å². The van der Waals surface area contributed by atoms with Crippen LogP contribution in [0.4, 0.5) is 5.69 Å². The Balaban J connectivity index is 1.76. The number of halogens is 1. The molecular weight excluding hydrogens is 382 g/mol. The largest absolute Gasteiger partial charge is 0.324 e. The number of nitrogens with one attached hydrogen (secondary N) is 1. The number of hydrogen-bond acceptors (Lipinski definition) is 5. The number of amides is 1. The molecule has 3 rings (SSSR count). The Bertz CT molecular complexity index is 1030. The monoisotopic (exact) mass is 397 g/mol. The van der Waals surface area contributed by atoms with E-state index in [0.717, 1.165) is 11.3 Å². The summed E-state index contributed by atoms with van der Waals surface area (Å²) in [6.45, 7) is 3.70. The molecule has 0 aliphatic carbocycles. The number of carbonyl (C=O) groups is 1. The van der Waals surface area contributed by atoms with Crippen LogP contribution in [0, 0.1) is 18.3 Å². The van der Waals surface area contributed by atoms with Crippen molar-refractivity contribution in [2.75, 3.05) is 5.32 Å². The maximum absolute atomic E-state index is 12.5. The van der Waals surface area contributed by atoms with Crippen molar-refractivity contribution in [2.45, 2.75) is 24.3 Å². The quantitative estimate of drug-likeness (QED) is 0.651. The molecule has 2 aromatic carbocycles. The van der Waals surface area contributed by atoms with Gasteiger partial charge in [-0.25, -0.2) is 0 Å². The van der Waals surface area contributed by atoms with E-state index >= 15 is 0 Å². The summed E-state index contributed by atoms with van der Waals surface area (Å²) >= 11 is 7.48. The van der Waals surface area contributed by atoms with Gasteiger partial charge >= 0.3 is 0 Å². The summed E-state index contributed by atoms with van der Waals surface area (Å²) in [5.74, 6) is -0.223. The molecule has 0 fully saturated rings. The molecule has 0 spiro atoms. The number of nitriles is 1. The van der Waals surface area contributed by atoms with Crippen molar-refractivity contribution in [1.29, 1.82) is 5.26 Å². The lowest BCUT2D eigenvalue weighted by molar-refractivity contribution is -0.115. The zero-order valence-corrected chi connectivity index (χ0v) is 16.3. The first-order valence-corrected chi connectivity index (χ1v) is 9.38. The highest BCUT2D eigenvalue weighted by Crippen LogP contribution is 2.27. The fourth-order valence-electron chi connectivity index (χ4n) is 2.35. The summed E-state index contributed by atoms with van der Waals surface area (Å²) in [7, 11) is 0. The molecule has 0 bridgehead atoms. The molecule has 0 saturated carbocycles. The molecule has 0 aliphatic heterocycles. The van der Waals surface area contributed by atoms with E-state index in [-0.39, 0.29) is 5.91 Å². The van der Waals surface area contributed by atoms with E-state index < -0.39 is 5.25 Å². The molecule has 3 aromatic rings. The first kappa shape index (κ1) is 19.0. The SMILES string of the molecule is Cc1ccc(-n2cnnc2SC(C)C(=O)Nc2ccccc2C#N)cc1Cl. The Morgan fingerprint density at radius 2 is 2.11 bits per heavy atom. The Morgan fingerprint density at radius 3 is 2.85 bits per heavy atom. The number of aromatic nitrogens is 3. The van der Waals surface area contributed by atoms with Crippen molar-refractivity contribution in [3.63, 3.8) is 0 Å². The molecule has 8 heteroatoms. The van der Waals surface area contributed by atoms with Crippen LogP contribution in [0.3, 0.4) is 0 Å². The molecule has 1 unspecified atom stereocenters. The zero-order valence-electron chi connectivity index (χ0n) is 14.7. The molecule has 6 nitrogen and oxygen atoms in total. The standard InChI is InChI=1S/C19H16ClN5OS/c1-12-7-8-15(9-16(12)20)25-11-22-24-19(25)27-13(2)18(26)23-17-6-4-3-5-14(17)10-21/h3-9,11,13H,1-2H3,(H,23,26). The van der Waals surface area contributed by atoms with Gasteiger partial charge in [0, 0.05) is 5.02 Å². The van der Waals surface area contributed by atoms with E-state index in [4.69, 9.17) is 16.9 Å². The van der Waals surface area contributed by atoms with E-state index in [2.05, 4.69) is 21.6 Å². The van der Waals surface area contributed by atoms with Gasteiger partial charge in [0.1, 0.15) is 12.4 Å². The highest BCUT2D eigenvalue weighted by molar-refractivity contribution is 8.00. The van der Waals surface area contributed by atoms with E-state index in [1.807, 2.05) is 25.1 Å². The highest BCUT2D eigenvalue weighted by Gasteiger charge is 2.19. The number of para-hydroxylation sites is 1. The number of nitrogens with zero attached hydrogens (tertiary/aromatic N) is 4. The summed E-state index contributed by atoms with van der Waals surface area (Å²) in [6.07, 6.45) is 1.58. The van der Waals surface area contributed by atoms with Gasteiger partial charge in [-0.3, -0.25) is 9.36 Å². The smallest absolute Gasteiger partial charge is 0.237 e. The molecule has 1 N–H and O–H groups in total. The predicted molar refractivity (Wildman–Crippen MR) is 106 cm³/mol. The molecule has 0 radical (unpaired) electrons. The molecule has 27 heavy (non-hydrogen) atoms. The number of hydrogen-bond donors (Lipinski definition) is 1. The van der Waals surface area contributed by atoms with Gasteiger partial charge in [0.2, 0.25) is 5.91 Å². The maximum Gasteiger partial charge on any atom is 0.237 e. The fourth-order valence-corrected chi connectivity index (χ4v) is 3.37. The number of carbonyl (C=O) groups excluding carboxylic acids is 1. The molecule has 1 atom stereocenters. The normalized spacial score (nSPS) is 11.6. The van der Waals surface area contributed by atoms with Crippen LogP contribution in [0.25, 0.3) is 5.69 Å². The summed E-state index contributed by atoms with van der Waals surface area (Å²) in [4.78, 5) is 12.5. The molecule has 1 heterocycles. The van der Waals surface area contributed by atoms with E-state index in [1.54, 1.807) is 42.1 Å². The Labute approximate surface area is 166 Å². The van der Waals surface area contributed by atoms with Crippen molar-refractivity contribution in [1.82, 2.24) is 14.8 Å². The number of anilines is 1. The topological polar surface area (TPSA) is 83.6 Å². The van der Waals surface area contributed by atoms with Gasteiger partial charge in [-0.1, -0.05) is 41.6 Å². The van der Waals surface area contributed by atoms with Crippen LogP contribution in [0.2, 0.25) is 5.02 Å². The minimum Gasteiger partial charge on any atom is -0.324 e. The first-order valence-electron chi connectivity index (χ1n) is 8.13. The van der Waals surface area contributed by atoms with E-state index in [0.29, 0.717) is 21.4 Å². The van der Waals surface area contributed by atoms with E-state index in [1.165, 1.54) is 11.8 Å². The molecule has 0 aliphatic rings. The Hall–Kier alpha value is -2.82. The van der Waals surface area contributed by atoms with Crippen LogP contribution in [0.15, 0.2) is 53.9 Å². The van der Waals surface area contributed by atoms with Gasteiger partial charge in [-0.05, 0) is 43.7 Å². The second-order valence-corrected chi connectivity index (χ2v) is 7.54. The summed E-state index contributed by atoms with van der Waals surface area (Å²) < 4.78 is 1.78. The minimum atomic E-state index is -0.444. The lowest BCUT2D eigenvalue weighted by Gasteiger charge is -2.13. The number of aryl methyl sites for hydroxylation is 1. The second-order valence-electron chi connectivity index (χ2n) is 5.82. The van der Waals surface area contributed by atoms with Crippen molar-refractivity contribution in [3.05, 3.63) is 64.9 Å².